The molecule has 2 heterocycles. The number of hydrogen-bond donors (Lipinski definition) is 2. The fraction of sp³-hybridized carbons (Fsp3) is 0.348. The quantitative estimate of drug-likeness (QED) is 0.557. The average Bonchev–Trinajstić information content (AvgIpc) is 3.29. The van der Waals surface area contributed by atoms with Crippen molar-refractivity contribution in [1.29, 1.82) is 0 Å². The molecule has 6 nitrogen and oxygen atoms in total. The number of aromatic nitrogens is 2. The van der Waals surface area contributed by atoms with E-state index in [9.17, 15) is 9.59 Å². The Labute approximate surface area is 181 Å². The van der Waals surface area contributed by atoms with E-state index in [2.05, 4.69) is 21.8 Å². The molecule has 0 saturated heterocycles. The molecule has 2 aromatic heterocycles. The molecule has 1 atom stereocenters. The summed E-state index contributed by atoms with van der Waals surface area (Å²) in [6, 6.07) is 11.0. The number of thiophene rings is 1. The van der Waals surface area contributed by atoms with Crippen LogP contribution in [0.15, 0.2) is 41.8 Å². The molecule has 1 aromatic carbocycles. The molecule has 2 amide bonds. The molecule has 1 unspecified atom stereocenters. The Bertz CT molecular complexity index is 1020. The first-order valence-electron chi connectivity index (χ1n) is 10.1. The van der Waals surface area contributed by atoms with Crippen molar-refractivity contribution >= 4 is 28.8 Å². The Morgan fingerprint density at radius 3 is 2.67 bits per heavy atom. The van der Waals surface area contributed by atoms with Crippen LogP contribution in [0.5, 0.6) is 0 Å². The number of hydrogen-bond acceptors (Lipinski definition) is 4. The van der Waals surface area contributed by atoms with E-state index < -0.39 is 0 Å². The van der Waals surface area contributed by atoms with Crippen LogP contribution < -0.4 is 10.6 Å². The number of carbonyl (C=O) groups is 2. The largest absolute Gasteiger partial charge is 0.345 e. The van der Waals surface area contributed by atoms with Gasteiger partial charge in [0.25, 0.3) is 5.91 Å². The smallest absolute Gasteiger partial charge is 0.251 e. The van der Waals surface area contributed by atoms with Gasteiger partial charge in [0.2, 0.25) is 5.91 Å². The maximum absolute atomic E-state index is 12.7. The van der Waals surface area contributed by atoms with Crippen LogP contribution in [0.1, 0.15) is 58.0 Å². The molecule has 0 radical (unpaired) electrons. The lowest BCUT2D eigenvalue weighted by molar-refractivity contribution is -0.116. The van der Waals surface area contributed by atoms with Gasteiger partial charge in [-0.25, -0.2) is 0 Å². The van der Waals surface area contributed by atoms with Crippen LogP contribution in [-0.4, -0.2) is 21.6 Å². The van der Waals surface area contributed by atoms with E-state index in [0.717, 1.165) is 29.8 Å². The molecule has 30 heavy (non-hydrogen) atoms. The van der Waals surface area contributed by atoms with Crippen LogP contribution in [0.2, 0.25) is 0 Å². The standard InChI is InChI=1S/C23H28N4O2S/c1-15(22-16(2)26-27(4)17(22)3)24-23(29)18-8-5-9-19(14-18)25-21(28)12-6-10-20-11-7-13-30-20/h5,7-9,11,13-15H,6,10,12H2,1-4H3,(H,24,29)(H,25,28). The van der Waals surface area contributed by atoms with Crippen molar-refractivity contribution < 1.29 is 9.59 Å². The van der Waals surface area contributed by atoms with Crippen molar-refractivity contribution in [2.75, 3.05) is 5.32 Å². The van der Waals surface area contributed by atoms with Gasteiger partial charge in [-0.3, -0.25) is 14.3 Å². The molecule has 0 fully saturated rings. The van der Waals surface area contributed by atoms with E-state index in [1.807, 2.05) is 43.9 Å². The number of amides is 2. The fourth-order valence-corrected chi connectivity index (χ4v) is 4.36. The molecule has 0 bridgehead atoms. The highest BCUT2D eigenvalue weighted by atomic mass is 32.1. The third kappa shape index (κ3) is 5.36. The lowest BCUT2D eigenvalue weighted by Gasteiger charge is -2.15. The number of anilines is 1. The zero-order valence-electron chi connectivity index (χ0n) is 17.9. The third-order valence-electron chi connectivity index (χ3n) is 5.16. The Hall–Kier alpha value is -2.93. The van der Waals surface area contributed by atoms with Gasteiger partial charge in [-0.15, -0.1) is 11.3 Å². The molecular formula is C23H28N4O2S. The average molecular weight is 425 g/mol. The van der Waals surface area contributed by atoms with Gasteiger partial charge in [-0.05, 0) is 63.3 Å². The summed E-state index contributed by atoms with van der Waals surface area (Å²) < 4.78 is 1.82. The third-order valence-corrected chi connectivity index (χ3v) is 6.10. The van der Waals surface area contributed by atoms with Gasteiger partial charge in [0, 0.05) is 40.9 Å². The van der Waals surface area contributed by atoms with Gasteiger partial charge >= 0.3 is 0 Å². The zero-order valence-corrected chi connectivity index (χ0v) is 18.7. The van der Waals surface area contributed by atoms with Crippen molar-refractivity contribution in [2.45, 2.75) is 46.1 Å². The zero-order chi connectivity index (χ0) is 21.7. The second-order valence-corrected chi connectivity index (χ2v) is 8.50. The van der Waals surface area contributed by atoms with Crippen molar-refractivity contribution in [2.24, 2.45) is 7.05 Å². The molecule has 0 aliphatic rings. The summed E-state index contributed by atoms with van der Waals surface area (Å²) in [5, 5.41) is 12.4. The highest BCUT2D eigenvalue weighted by Gasteiger charge is 2.19. The molecule has 158 valence electrons. The Balaban J connectivity index is 1.57. The second kappa shape index (κ2) is 9.71. The number of aryl methyl sites for hydroxylation is 3. The first kappa shape index (κ1) is 21.8. The monoisotopic (exact) mass is 424 g/mol. The van der Waals surface area contributed by atoms with E-state index in [0.29, 0.717) is 17.7 Å². The second-order valence-electron chi connectivity index (χ2n) is 7.47. The Kier molecular flexibility index (Phi) is 7.05. The number of nitrogens with one attached hydrogen (secondary N) is 2. The summed E-state index contributed by atoms with van der Waals surface area (Å²) in [5.41, 5.74) is 4.11. The molecule has 0 aliphatic carbocycles. The first-order chi connectivity index (χ1) is 14.3. The van der Waals surface area contributed by atoms with E-state index >= 15 is 0 Å². The molecule has 3 rings (SSSR count). The van der Waals surface area contributed by atoms with Crippen LogP contribution in [-0.2, 0) is 18.3 Å². The summed E-state index contributed by atoms with van der Waals surface area (Å²) in [6.07, 6.45) is 2.15. The van der Waals surface area contributed by atoms with Gasteiger partial charge in [-0.2, -0.15) is 5.10 Å². The number of carbonyl (C=O) groups excluding carboxylic acids is 2. The van der Waals surface area contributed by atoms with E-state index in [1.165, 1.54) is 4.88 Å². The van der Waals surface area contributed by atoms with Crippen molar-refractivity contribution in [1.82, 2.24) is 15.1 Å². The topological polar surface area (TPSA) is 76.0 Å². The molecule has 3 aromatic rings. The van der Waals surface area contributed by atoms with Crippen LogP contribution in [0.25, 0.3) is 0 Å². The fourth-order valence-electron chi connectivity index (χ4n) is 3.61. The van der Waals surface area contributed by atoms with Gasteiger partial charge < -0.3 is 10.6 Å². The van der Waals surface area contributed by atoms with Gasteiger partial charge in [0.1, 0.15) is 0 Å². The highest BCUT2D eigenvalue weighted by Crippen LogP contribution is 2.21. The summed E-state index contributed by atoms with van der Waals surface area (Å²) in [4.78, 5) is 26.3. The maximum Gasteiger partial charge on any atom is 0.251 e. The molecule has 0 aliphatic heterocycles. The summed E-state index contributed by atoms with van der Waals surface area (Å²) in [7, 11) is 1.90. The van der Waals surface area contributed by atoms with Gasteiger partial charge in [-0.1, -0.05) is 12.1 Å². The number of rotatable bonds is 8. The van der Waals surface area contributed by atoms with Crippen LogP contribution in [0.3, 0.4) is 0 Å². The summed E-state index contributed by atoms with van der Waals surface area (Å²) in [6.45, 7) is 5.89. The maximum atomic E-state index is 12.7. The van der Waals surface area contributed by atoms with Crippen molar-refractivity contribution in [3.8, 4) is 0 Å². The highest BCUT2D eigenvalue weighted by molar-refractivity contribution is 7.09. The minimum absolute atomic E-state index is 0.0425. The van der Waals surface area contributed by atoms with Gasteiger partial charge in [0.15, 0.2) is 0 Å². The molecular weight excluding hydrogens is 396 g/mol. The number of nitrogens with zero attached hydrogens (tertiary/aromatic N) is 2. The predicted molar refractivity (Wildman–Crippen MR) is 121 cm³/mol. The minimum atomic E-state index is -0.182. The Morgan fingerprint density at radius 1 is 1.20 bits per heavy atom. The van der Waals surface area contributed by atoms with E-state index in [-0.39, 0.29) is 17.9 Å². The van der Waals surface area contributed by atoms with E-state index in [4.69, 9.17) is 0 Å². The first-order valence-corrected chi connectivity index (χ1v) is 11.0. The van der Waals surface area contributed by atoms with Crippen molar-refractivity contribution in [3.63, 3.8) is 0 Å². The molecule has 0 spiro atoms. The predicted octanol–water partition coefficient (Wildman–Crippen LogP) is 4.55. The summed E-state index contributed by atoms with van der Waals surface area (Å²) >= 11 is 1.71. The lowest BCUT2D eigenvalue weighted by Crippen LogP contribution is -2.27. The SMILES string of the molecule is Cc1nn(C)c(C)c1C(C)NC(=O)c1cccc(NC(=O)CCCc2cccs2)c1. The van der Waals surface area contributed by atoms with Crippen LogP contribution in [0.4, 0.5) is 5.69 Å². The molecule has 7 heteroatoms. The lowest BCUT2D eigenvalue weighted by atomic mass is 10.1. The van der Waals surface area contributed by atoms with Crippen LogP contribution in [0, 0.1) is 13.8 Å². The molecule has 0 saturated carbocycles. The molecule has 2 N–H and O–H groups in total. The summed E-state index contributed by atoms with van der Waals surface area (Å²) in [5.74, 6) is -0.224. The van der Waals surface area contributed by atoms with Crippen molar-refractivity contribution in [3.05, 3.63) is 69.2 Å². The van der Waals surface area contributed by atoms with Gasteiger partial charge in [0.05, 0.1) is 11.7 Å². The van der Waals surface area contributed by atoms with Crippen LogP contribution >= 0.6 is 11.3 Å². The number of benzene rings is 1. The Morgan fingerprint density at radius 2 is 2.00 bits per heavy atom. The normalized spacial score (nSPS) is 11.9. The van der Waals surface area contributed by atoms with E-state index in [1.54, 1.807) is 35.6 Å². The minimum Gasteiger partial charge on any atom is -0.345 e.